The van der Waals surface area contributed by atoms with Gasteiger partial charge in [-0.2, -0.15) is 4.98 Å². The van der Waals surface area contributed by atoms with Gasteiger partial charge >= 0.3 is 5.69 Å². The lowest BCUT2D eigenvalue weighted by Gasteiger charge is -2.39. The smallest absolute Gasteiger partial charge is 0.332 e. The third-order valence-corrected chi connectivity index (χ3v) is 7.00. The first-order chi connectivity index (χ1) is 13.6. The summed E-state index contributed by atoms with van der Waals surface area (Å²) in [5.41, 5.74) is -0.340. The normalized spacial score (nSPS) is 20.2. The molecule has 2 aromatic rings. The van der Waals surface area contributed by atoms with Crippen LogP contribution in [0.2, 0.25) is 5.28 Å². The third-order valence-electron chi connectivity index (χ3n) is 6.71. The molecule has 0 unspecified atom stereocenters. The average molecular weight is 424 g/mol. The van der Waals surface area contributed by atoms with Crippen LogP contribution in [0.5, 0.6) is 0 Å². The lowest BCUT2D eigenvalue weighted by molar-refractivity contribution is -0.122. The van der Waals surface area contributed by atoms with Crippen molar-refractivity contribution in [3.63, 3.8) is 0 Å². The van der Waals surface area contributed by atoms with E-state index in [0.29, 0.717) is 11.3 Å². The Bertz CT molecular complexity index is 1040. The molecule has 0 spiro atoms. The Balaban J connectivity index is 1.74. The Morgan fingerprint density at radius 2 is 1.79 bits per heavy atom. The Hall–Kier alpha value is -2.09. The van der Waals surface area contributed by atoms with Gasteiger partial charge in [-0.3, -0.25) is 23.3 Å². The first-order valence-corrected chi connectivity index (χ1v) is 10.6. The number of nitrogens with one attached hydrogen (secondary N) is 1. The summed E-state index contributed by atoms with van der Waals surface area (Å²) < 4.78 is 3.62. The first kappa shape index (κ1) is 21.6. The predicted octanol–water partition coefficient (Wildman–Crippen LogP) is 2.20. The molecule has 0 aromatic carbocycles. The molecule has 160 valence electrons. The Morgan fingerprint density at radius 1 is 1.17 bits per heavy atom. The van der Waals surface area contributed by atoms with Gasteiger partial charge in [0.2, 0.25) is 11.2 Å². The molecule has 8 nitrogen and oxygen atoms in total. The summed E-state index contributed by atoms with van der Waals surface area (Å²) in [6.45, 7) is 6.75. The molecule has 1 fully saturated rings. The maximum absolute atomic E-state index is 12.7. The van der Waals surface area contributed by atoms with Crippen molar-refractivity contribution in [2.24, 2.45) is 25.4 Å². The van der Waals surface area contributed by atoms with Crippen LogP contribution < -0.4 is 16.6 Å². The number of rotatable bonds is 5. The quantitative estimate of drug-likeness (QED) is 0.746. The second-order valence-corrected chi connectivity index (χ2v) is 9.14. The number of fused-ring (bicyclic) bond motifs is 1. The summed E-state index contributed by atoms with van der Waals surface area (Å²) >= 11 is 6.20. The van der Waals surface area contributed by atoms with E-state index in [9.17, 15) is 14.4 Å². The van der Waals surface area contributed by atoms with E-state index in [1.54, 1.807) is 0 Å². The van der Waals surface area contributed by atoms with E-state index in [-0.39, 0.29) is 34.9 Å². The van der Waals surface area contributed by atoms with Gasteiger partial charge in [0.15, 0.2) is 11.2 Å². The van der Waals surface area contributed by atoms with Crippen molar-refractivity contribution in [1.82, 2.24) is 24.0 Å². The van der Waals surface area contributed by atoms with Crippen molar-refractivity contribution < 1.29 is 4.79 Å². The van der Waals surface area contributed by atoms with Crippen molar-refractivity contribution in [2.75, 3.05) is 0 Å². The minimum atomic E-state index is -0.516. The topological polar surface area (TPSA) is 90.9 Å². The largest absolute Gasteiger partial charge is 0.352 e. The first-order valence-electron chi connectivity index (χ1n) is 10.2. The van der Waals surface area contributed by atoms with Crippen LogP contribution in [0.3, 0.4) is 0 Å². The number of carbonyl (C=O) groups is 1. The zero-order chi connectivity index (χ0) is 21.5. The van der Waals surface area contributed by atoms with E-state index in [1.165, 1.54) is 23.2 Å². The molecule has 1 aliphatic rings. The highest BCUT2D eigenvalue weighted by atomic mass is 35.5. The second-order valence-electron chi connectivity index (χ2n) is 8.80. The van der Waals surface area contributed by atoms with E-state index in [2.05, 4.69) is 31.1 Å². The van der Waals surface area contributed by atoms with Crippen LogP contribution >= 0.6 is 11.6 Å². The number of halogens is 1. The van der Waals surface area contributed by atoms with Crippen LogP contribution in [-0.2, 0) is 25.4 Å². The van der Waals surface area contributed by atoms with Crippen LogP contribution in [0.4, 0.5) is 0 Å². The lowest BCUT2D eigenvalue weighted by Crippen LogP contribution is -2.41. The van der Waals surface area contributed by atoms with Crippen molar-refractivity contribution in [1.29, 1.82) is 0 Å². The molecular weight excluding hydrogens is 394 g/mol. The SMILES string of the molecule is CCC(C)(C)C1CCC(NC(=O)Cn2c(Cl)nc3c2c(=O)n(C)c(=O)n3C)CC1. The molecule has 9 heteroatoms. The second kappa shape index (κ2) is 7.97. The molecule has 1 aliphatic carbocycles. The highest BCUT2D eigenvalue weighted by Gasteiger charge is 2.32. The number of carbonyl (C=O) groups excluding carboxylic acids is 1. The summed E-state index contributed by atoms with van der Waals surface area (Å²) in [6, 6.07) is 0.132. The van der Waals surface area contributed by atoms with Crippen molar-refractivity contribution in [2.45, 2.75) is 65.5 Å². The van der Waals surface area contributed by atoms with Gasteiger partial charge in [-0.25, -0.2) is 4.79 Å². The fraction of sp³-hybridized carbons (Fsp3) is 0.700. The molecule has 1 saturated carbocycles. The van der Waals surface area contributed by atoms with Crippen LogP contribution in [-0.4, -0.2) is 30.6 Å². The van der Waals surface area contributed by atoms with E-state index in [1.807, 2.05) is 0 Å². The zero-order valence-electron chi connectivity index (χ0n) is 17.8. The number of hydrogen-bond acceptors (Lipinski definition) is 4. The molecule has 0 atom stereocenters. The summed E-state index contributed by atoms with van der Waals surface area (Å²) in [4.78, 5) is 41.4. The van der Waals surface area contributed by atoms with Gasteiger partial charge in [-0.15, -0.1) is 0 Å². The number of nitrogens with zero attached hydrogens (tertiary/aromatic N) is 4. The minimum absolute atomic E-state index is 0.0156. The third kappa shape index (κ3) is 3.99. The highest BCUT2D eigenvalue weighted by molar-refractivity contribution is 6.29. The van der Waals surface area contributed by atoms with Crippen LogP contribution in [0, 0.1) is 11.3 Å². The van der Waals surface area contributed by atoms with Crippen molar-refractivity contribution >= 4 is 28.7 Å². The van der Waals surface area contributed by atoms with Gasteiger partial charge < -0.3 is 5.32 Å². The molecule has 0 bridgehead atoms. The number of hydrogen-bond donors (Lipinski definition) is 1. The monoisotopic (exact) mass is 423 g/mol. The fourth-order valence-corrected chi connectivity index (χ4v) is 4.51. The van der Waals surface area contributed by atoms with Crippen LogP contribution in [0.1, 0.15) is 52.9 Å². The molecule has 0 saturated heterocycles. The van der Waals surface area contributed by atoms with Gasteiger partial charge in [0, 0.05) is 20.1 Å². The summed E-state index contributed by atoms with van der Waals surface area (Å²) in [7, 11) is 2.92. The zero-order valence-corrected chi connectivity index (χ0v) is 18.5. The van der Waals surface area contributed by atoms with Gasteiger partial charge in [0.05, 0.1) is 0 Å². The molecule has 1 N–H and O–H groups in total. The number of imidazole rings is 1. The lowest BCUT2D eigenvalue weighted by atomic mass is 9.69. The standard InChI is InChI=1S/C20H30ClN5O3/c1-6-20(2,3)12-7-9-13(10-8-12)22-14(27)11-26-15-16(23-18(26)21)24(4)19(29)25(5)17(15)28/h12-13H,6-11H2,1-5H3,(H,22,27). The Kier molecular flexibility index (Phi) is 5.94. The van der Waals surface area contributed by atoms with E-state index >= 15 is 0 Å². The molecule has 2 aromatic heterocycles. The van der Waals surface area contributed by atoms with Gasteiger partial charge in [-0.05, 0) is 48.6 Å². The molecule has 0 aliphatic heterocycles. The summed E-state index contributed by atoms with van der Waals surface area (Å²) in [5.74, 6) is 0.470. The maximum atomic E-state index is 12.7. The summed E-state index contributed by atoms with van der Waals surface area (Å²) in [5, 5.41) is 3.09. The Morgan fingerprint density at radius 3 is 2.38 bits per heavy atom. The highest BCUT2D eigenvalue weighted by Crippen LogP contribution is 2.40. The molecule has 1 amide bonds. The molecule has 29 heavy (non-hydrogen) atoms. The molecular formula is C20H30ClN5O3. The molecule has 3 rings (SSSR count). The summed E-state index contributed by atoms with van der Waals surface area (Å²) in [6.07, 6.45) is 5.26. The number of amides is 1. The van der Waals surface area contributed by atoms with Crippen molar-refractivity contribution in [3.8, 4) is 0 Å². The van der Waals surface area contributed by atoms with Crippen LogP contribution in [0.25, 0.3) is 11.2 Å². The van der Waals surface area contributed by atoms with E-state index in [0.717, 1.165) is 36.7 Å². The van der Waals surface area contributed by atoms with Gasteiger partial charge in [-0.1, -0.05) is 27.2 Å². The van der Waals surface area contributed by atoms with E-state index < -0.39 is 11.2 Å². The number of aromatic nitrogens is 4. The van der Waals surface area contributed by atoms with E-state index in [4.69, 9.17) is 11.6 Å². The maximum Gasteiger partial charge on any atom is 0.332 e. The average Bonchev–Trinajstić information content (AvgIpc) is 3.01. The Labute approximate surface area is 174 Å². The van der Waals surface area contributed by atoms with Crippen LogP contribution in [0.15, 0.2) is 9.59 Å². The number of aryl methyl sites for hydroxylation is 1. The molecule has 2 heterocycles. The van der Waals surface area contributed by atoms with Gasteiger partial charge in [0.25, 0.3) is 5.56 Å². The predicted molar refractivity (Wildman–Crippen MR) is 113 cm³/mol. The van der Waals surface area contributed by atoms with Crippen molar-refractivity contribution in [3.05, 3.63) is 26.1 Å². The molecule has 0 radical (unpaired) electrons. The minimum Gasteiger partial charge on any atom is -0.352 e. The van der Waals surface area contributed by atoms with Gasteiger partial charge in [0.1, 0.15) is 6.54 Å². The fourth-order valence-electron chi connectivity index (χ4n) is 4.29.